The minimum absolute atomic E-state index is 0.279. The lowest BCUT2D eigenvalue weighted by Gasteiger charge is -2.09. The molecule has 0 aliphatic heterocycles. The van der Waals surface area contributed by atoms with Gasteiger partial charge in [0, 0.05) is 40.4 Å². The van der Waals surface area contributed by atoms with E-state index >= 15 is 0 Å². The smallest absolute Gasteiger partial charge is 0.251 e. The summed E-state index contributed by atoms with van der Waals surface area (Å²) in [5.74, 6) is 1.15. The molecule has 0 unspecified atom stereocenters. The Morgan fingerprint density at radius 2 is 1.78 bits per heavy atom. The van der Waals surface area contributed by atoms with E-state index in [0.717, 1.165) is 33.3 Å². The first kappa shape index (κ1) is 20.3. The Bertz CT molecular complexity index is 1520. The van der Waals surface area contributed by atoms with Gasteiger partial charge in [0.2, 0.25) is 0 Å². The fourth-order valence-corrected chi connectivity index (χ4v) is 4.69. The second-order valence-corrected chi connectivity index (χ2v) is 10.0. The molecule has 0 radical (unpaired) electrons. The van der Waals surface area contributed by atoms with E-state index in [-0.39, 0.29) is 4.90 Å². The van der Waals surface area contributed by atoms with Crippen LogP contribution >= 0.6 is 11.3 Å². The number of hydrogen-bond acceptors (Lipinski definition) is 7. The third-order valence-electron chi connectivity index (χ3n) is 5.09. The highest BCUT2D eigenvalue weighted by Crippen LogP contribution is 2.31. The standard InChI is InChI=1S/C23H18N4O3S2/c1-30-18-5-8-20-21(11-18)25-23(26-22(20)16-9-10-31-14-16)27-13-17(12-24-27)15-3-6-19(7-4-15)32(2,28)29/h3-14H,1-2H3. The Morgan fingerprint density at radius 3 is 2.47 bits per heavy atom. The van der Waals surface area contributed by atoms with Crippen molar-refractivity contribution in [2.75, 3.05) is 13.4 Å². The van der Waals surface area contributed by atoms with Gasteiger partial charge < -0.3 is 4.74 Å². The van der Waals surface area contributed by atoms with Gasteiger partial charge in [-0.1, -0.05) is 12.1 Å². The molecule has 7 nitrogen and oxygen atoms in total. The number of thiophene rings is 1. The van der Waals surface area contributed by atoms with Crippen LogP contribution in [0.1, 0.15) is 0 Å². The summed E-state index contributed by atoms with van der Waals surface area (Å²) in [4.78, 5) is 9.79. The van der Waals surface area contributed by atoms with E-state index in [4.69, 9.17) is 14.7 Å². The Hall–Kier alpha value is -3.56. The molecule has 5 rings (SSSR count). The zero-order chi connectivity index (χ0) is 22.3. The van der Waals surface area contributed by atoms with Gasteiger partial charge in [-0.05, 0) is 41.3 Å². The normalized spacial score (nSPS) is 11.7. The number of methoxy groups -OCH3 is 1. The molecule has 9 heteroatoms. The number of aromatic nitrogens is 4. The quantitative estimate of drug-likeness (QED) is 0.379. The van der Waals surface area contributed by atoms with Crippen molar-refractivity contribution in [3.8, 4) is 34.1 Å². The predicted molar refractivity (Wildman–Crippen MR) is 125 cm³/mol. The van der Waals surface area contributed by atoms with Gasteiger partial charge in [0.1, 0.15) is 5.75 Å². The summed E-state index contributed by atoms with van der Waals surface area (Å²) in [6.07, 6.45) is 4.73. The van der Waals surface area contributed by atoms with Gasteiger partial charge >= 0.3 is 0 Å². The van der Waals surface area contributed by atoms with Crippen molar-refractivity contribution in [2.45, 2.75) is 4.90 Å². The highest BCUT2D eigenvalue weighted by molar-refractivity contribution is 7.90. The monoisotopic (exact) mass is 462 g/mol. The number of ether oxygens (including phenoxy) is 1. The maximum absolute atomic E-state index is 11.7. The molecule has 3 heterocycles. The number of benzene rings is 2. The molecule has 2 aromatic carbocycles. The second kappa shape index (κ2) is 7.85. The van der Waals surface area contributed by atoms with Crippen LogP contribution in [-0.2, 0) is 9.84 Å². The van der Waals surface area contributed by atoms with Crippen LogP contribution in [0.3, 0.4) is 0 Å². The first-order chi connectivity index (χ1) is 15.4. The van der Waals surface area contributed by atoms with Crippen LogP contribution in [-0.4, -0.2) is 41.5 Å². The van der Waals surface area contributed by atoms with E-state index in [1.54, 1.807) is 53.6 Å². The highest BCUT2D eigenvalue weighted by Gasteiger charge is 2.14. The molecular weight excluding hydrogens is 444 g/mol. The van der Waals surface area contributed by atoms with Crippen molar-refractivity contribution < 1.29 is 13.2 Å². The summed E-state index contributed by atoms with van der Waals surface area (Å²) in [5, 5.41) is 9.44. The molecule has 5 aromatic rings. The van der Waals surface area contributed by atoms with Gasteiger partial charge in [-0.2, -0.15) is 16.4 Å². The van der Waals surface area contributed by atoms with Crippen LogP contribution in [0, 0.1) is 0 Å². The van der Waals surface area contributed by atoms with Crippen LogP contribution in [0.5, 0.6) is 5.75 Å². The molecule has 0 saturated carbocycles. The van der Waals surface area contributed by atoms with Crippen LogP contribution < -0.4 is 4.74 Å². The Balaban J connectivity index is 1.60. The lowest BCUT2D eigenvalue weighted by Crippen LogP contribution is -2.03. The second-order valence-electron chi connectivity index (χ2n) is 7.24. The van der Waals surface area contributed by atoms with Crippen molar-refractivity contribution in [1.29, 1.82) is 0 Å². The highest BCUT2D eigenvalue weighted by atomic mass is 32.2. The van der Waals surface area contributed by atoms with Crippen molar-refractivity contribution in [2.24, 2.45) is 0 Å². The maximum atomic E-state index is 11.7. The van der Waals surface area contributed by atoms with E-state index in [1.165, 1.54) is 6.26 Å². The summed E-state index contributed by atoms with van der Waals surface area (Å²) in [6, 6.07) is 14.5. The van der Waals surface area contributed by atoms with Crippen molar-refractivity contribution in [3.05, 3.63) is 71.7 Å². The van der Waals surface area contributed by atoms with E-state index in [0.29, 0.717) is 11.7 Å². The van der Waals surface area contributed by atoms with E-state index in [9.17, 15) is 8.42 Å². The molecule has 32 heavy (non-hydrogen) atoms. The topological polar surface area (TPSA) is 87.0 Å². The van der Waals surface area contributed by atoms with Gasteiger partial charge in [-0.3, -0.25) is 0 Å². The third kappa shape index (κ3) is 3.76. The average molecular weight is 463 g/mol. The number of fused-ring (bicyclic) bond motifs is 1. The molecule has 0 amide bonds. The Labute approximate surface area is 188 Å². The lowest BCUT2D eigenvalue weighted by molar-refractivity contribution is 0.415. The molecule has 0 aliphatic rings. The fraction of sp³-hybridized carbons (Fsp3) is 0.0870. The fourth-order valence-electron chi connectivity index (χ4n) is 3.42. The first-order valence-corrected chi connectivity index (χ1v) is 12.5. The van der Waals surface area contributed by atoms with E-state index < -0.39 is 9.84 Å². The number of nitrogens with zero attached hydrogens (tertiary/aromatic N) is 4. The lowest BCUT2D eigenvalue weighted by atomic mass is 10.1. The van der Waals surface area contributed by atoms with Gasteiger partial charge in [0.25, 0.3) is 5.95 Å². The summed E-state index contributed by atoms with van der Waals surface area (Å²) < 4.78 is 30.4. The van der Waals surface area contributed by atoms with E-state index in [2.05, 4.69) is 5.10 Å². The maximum Gasteiger partial charge on any atom is 0.251 e. The Morgan fingerprint density at radius 1 is 0.969 bits per heavy atom. The average Bonchev–Trinajstić information content (AvgIpc) is 3.50. The zero-order valence-corrected chi connectivity index (χ0v) is 18.9. The van der Waals surface area contributed by atoms with Crippen molar-refractivity contribution >= 4 is 32.1 Å². The van der Waals surface area contributed by atoms with Crippen molar-refractivity contribution in [3.63, 3.8) is 0 Å². The third-order valence-corrected chi connectivity index (χ3v) is 6.90. The van der Waals surface area contributed by atoms with Gasteiger partial charge in [0.05, 0.1) is 29.4 Å². The number of rotatable bonds is 5. The molecule has 0 spiro atoms. The van der Waals surface area contributed by atoms with Gasteiger partial charge in [0.15, 0.2) is 9.84 Å². The van der Waals surface area contributed by atoms with E-state index in [1.807, 2.05) is 41.2 Å². The summed E-state index contributed by atoms with van der Waals surface area (Å²) in [5.41, 5.74) is 4.27. The molecular formula is C23H18N4O3S2. The Kier molecular flexibility index (Phi) is 4.99. The van der Waals surface area contributed by atoms with Crippen LogP contribution in [0.2, 0.25) is 0 Å². The minimum atomic E-state index is -3.24. The van der Waals surface area contributed by atoms with Crippen LogP contribution in [0.15, 0.2) is 76.6 Å². The SMILES string of the molecule is COc1ccc2c(-c3ccsc3)nc(-n3cc(-c4ccc(S(C)(=O)=O)cc4)cn3)nc2c1. The van der Waals surface area contributed by atoms with Gasteiger partial charge in [-0.15, -0.1) is 0 Å². The zero-order valence-electron chi connectivity index (χ0n) is 17.3. The van der Waals surface area contributed by atoms with Crippen LogP contribution in [0.25, 0.3) is 39.2 Å². The molecule has 0 bridgehead atoms. The molecule has 3 aromatic heterocycles. The minimum Gasteiger partial charge on any atom is -0.497 e. The first-order valence-electron chi connectivity index (χ1n) is 9.66. The molecule has 0 atom stereocenters. The number of hydrogen-bond donors (Lipinski definition) is 0. The molecule has 0 aliphatic carbocycles. The largest absolute Gasteiger partial charge is 0.497 e. The number of sulfone groups is 1. The summed E-state index contributed by atoms with van der Waals surface area (Å²) in [7, 11) is -1.62. The molecule has 160 valence electrons. The van der Waals surface area contributed by atoms with Crippen LogP contribution in [0.4, 0.5) is 0 Å². The molecule has 0 N–H and O–H groups in total. The van der Waals surface area contributed by atoms with Crippen molar-refractivity contribution in [1.82, 2.24) is 19.7 Å². The predicted octanol–water partition coefficient (Wildman–Crippen LogP) is 4.62. The summed E-state index contributed by atoms with van der Waals surface area (Å²) in [6.45, 7) is 0. The summed E-state index contributed by atoms with van der Waals surface area (Å²) >= 11 is 1.61. The molecule has 0 saturated heterocycles. The van der Waals surface area contributed by atoms with Gasteiger partial charge in [-0.25, -0.2) is 23.1 Å². The molecule has 0 fully saturated rings.